The van der Waals surface area contributed by atoms with E-state index in [-0.39, 0.29) is 17.3 Å². The van der Waals surface area contributed by atoms with Crippen molar-refractivity contribution >= 4 is 29.3 Å². The first-order valence-corrected chi connectivity index (χ1v) is 5.39. The van der Waals surface area contributed by atoms with Crippen molar-refractivity contribution in [2.45, 2.75) is 5.92 Å². The third-order valence-electron chi connectivity index (χ3n) is 2.36. The van der Waals surface area contributed by atoms with E-state index < -0.39 is 23.5 Å². The largest absolute Gasteiger partial charge is 0.312 e. The monoisotopic (exact) mass is 254 g/mol. The third kappa shape index (κ3) is 2.19. The molecule has 1 atom stereocenters. The Hall–Kier alpha value is -1.75. The van der Waals surface area contributed by atoms with Gasteiger partial charge in [-0.3, -0.25) is 9.59 Å². The zero-order valence-electron chi connectivity index (χ0n) is 8.61. The second kappa shape index (κ2) is 4.63. The summed E-state index contributed by atoms with van der Waals surface area (Å²) in [5.41, 5.74) is 0.0207. The first kappa shape index (κ1) is 11.7. The van der Waals surface area contributed by atoms with Gasteiger partial charge in [-0.05, 0) is 6.07 Å². The molecule has 1 N–H and O–H groups in total. The standard InChI is InChI=1S/C11H8ClFN2O2/c12-5-8-14-10(16)9(11(17)15-8)6-3-1-2-4-7(6)13/h1-4,9H,5H2,(H,14,15,16,17). The number of rotatable bonds is 2. The van der Waals surface area contributed by atoms with Crippen molar-refractivity contribution in [2.75, 3.05) is 5.88 Å². The summed E-state index contributed by atoms with van der Waals surface area (Å²) in [5.74, 6) is -3.12. The molecular formula is C11H8ClFN2O2. The molecule has 88 valence electrons. The number of aliphatic imine (C=N–C) groups is 1. The van der Waals surface area contributed by atoms with Crippen LogP contribution in [0.5, 0.6) is 0 Å². The number of alkyl halides is 1. The van der Waals surface area contributed by atoms with Gasteiger partial charge in [0, 0.05) is 5.56 Å². The molecule has 1 unspecified atom stereocenters. The number of carbonyl (C=O) groups excluding carboxylic acids is 2. The predicted molar refractivity (Wildman–Crippen MR) is 60.4 cm³/mol. The van der Waals surface area contributed by atoms with Gasteiger partial charge in [-0.2, -0.15) is 4.99 Å². The lowest BCUT2D eigenvalue weighted by Gasteiger charge is -2.19. The Kier molecular flexibility index (Phi) is 3.19. The summed E-state index contributed by atoms with van der Waals surface area (Å²) in [7, 11) is 0. The van der Waals surface area contributed by atoms with Crippen molar-refractivity contribution in [3.05, 3.63) is 35.6 Å². The van der Waals surface area contributed by atoms with E-state index >= 15 is 0 Å². The number of amidine groups is 1. The highest BCUT2D eigenvalue weighted by Gasteiger charge is 2.34. The number of halogens is 2. The Morgan fingerprint density at radius 2 is 2.06 bits per heavy atom. The van der Waals surface area contributed by atoms with Crippen molar-refractivity contribution in [1.82, 2.24) is 5.32 Å². The molecule has 0 fully saturated rings. The number of hydrogen-bond donors (Lipinski definition) is 1. The zero-order chi connectivity index (χ0) is 12.4. The minimum Gasteiger partial charge on any atom is -0.312 e. The number of benzene rings is 1. The quantitative estimate of drug-likeness (QED) is 0.637. The number of hydrogen-bond acceptors (Lipinski definition) is 2. The highest BCUT2D eigenvalue weighted by Crippen LogP contribution is 2.23. The van der Waals surface area contributed by atoms with Crippen molar-refractivity contribution in [3.8, 4) is 0 Å². The molecule has 4 nitrogen and oxygen atoms in total. The van der Waals surface area contributed by atoms with E-state index in [4.69, 9.17) is 11.6 Å². The zero-order valence-corrected chi connectivity index (χ0v) is 9.37. The van der Waals surface area contributed by atoms with Gasteiger partial charge in [0.25, 0.3) is 5.91 Å². The molecule has 2 rings (SSSR count). The number of nitrogens with zero attached hydrogens (tertiary/aromatic N) is 1. The molecule has 1 aromatic carbocycles. The van der Waals surface area contributed by atoms with Crippen LogP contribution >= 0.6 is 11.6 Å². The molecule has 0 bridgehead atoms. The Morgan fingerprint density at radius 1 is 1.35 bits per heavy atom. The van der Waals surface area contributed by atoms with Gasteiger partial charge in [-0.1, -0.05) is 18.2 Å². The lowest BCUT2D eigenvalue weighted by molar-refractivity contribution is -0.129. The summed E-state index contributed by atoms with van der Waals surface area (Å²) < 4.78 is 13.5. The first-order valence-electron chi connectivity index (χ1n) is 4.86. The van der Waals surface area contributed by atoms with Crippen LogP contribution in [0.4, 0.5) is 4.39 Å². The summed E-state index contributed by atoms with van der Waals surface area (Å²) in [6.45, 7) is 0. The van der Waals surface area contributed by atoms with E-state index in [1.54, 1.807) is 6.07 Å². The van der Waals surface area contributed by atoms with E-state index in [9.17, 15) is 14.0 Å². The minimum absolute atomic E-state index is 0.0207. The second-order valence-electron chi connectivity index (χ2n) is 3.47. The number of carbonyl (C=O) groups is 2. The molecule has 1 heterocycles. The average molecular weight is 255 g/mol. The molecule has 0 aliphatic carbocycles. The van der Waals surface area contributed by atoms with E-state index in [0.29, 0.717) is 0 Å². The van der Waals surface area contributed by atoms with Gasteiger partial charge in [0.15, 0.2) is 0 Å². The van der Waals surface area contributed by atoms with E-state index in [2.05, 4.69) is 10.3 Å². The van der Waals surface area contributed by atoms with Crippen LogP contribution in [0.25, 0.3) is 0 Å². The fourth-order valence-electron chi connectivity index (χ4n) is 1.60. The van der Waals surface area contributed by atoms with Crippen LogP contribution in [0.15, 0.2) is 29.3 Å². The second-order valence-corrected chi connectivity index (χ2v) is 3.74. The van der Waals surface area contributed by atoms with Crippen molar-refractivity contribution in [3.63, 3.8) is 0 Å². The maximum absolute atomic E-state index is 13.5. The summed E-state index contributed by atoms with van der Waals surface area (Å²) in [6.07, 6.45) is 0. The highest BCUT2D eigenvalue weighted by molar-refractivity contribution is 6.32. The van der Waals surface area contributed by atoms with Gasteiger partial charge in [-0.15, -0.1) is 11.6 Å². The summed E-state index contributed by atoms with van der Waals surface area (Å²) in [4.78, 5) is 26.9. The van der Waals surface area contributed by atoms with Crippen molar-refractivity contribution in [1.29, 1.82) is 0 Å². The summed E-state index contributed by atoms with van der Waals surface area (Å²) in [6, 6.07) is 5.62. The van der Waals surface area contributed by atoms with Crippen LogP contribution in [0.1, 0.15) is 11.5 Å². The average Bonchev–Trinajstić information content (AvgIpc) is 2.30. The first-order chi connectivity index (χ1) is 8.13. The van der Waals surface area contributed by atoms with Crippen LogP contribution < -0.4 is 5.32 Å². The van der Waals surface area contributed by atoms with Gasteiger partial charge in [0.1, 0.15) is 17.6 Å². The lowest BCUT2D eigenvalue weighted by atomic mass is 9.96. The fraction of sp³-hybridized carbons (Fsp3) is 0.182. The van der Waals surface area contributed by atoms with E-state index in [0.717, 1.165) is 0 Å². The third-order valence-corrected chi connectivity index (χ3v) is 2.62. The van der Waals surface area contributed by atoms with Crippen LogP contribution in [-0.4, -0.2) is 23.5 Å². The van der Waals surface area contributed by atoms with Crippen molar-refractivity contribution < 1.29 is 14.0 Å². The maximum Gasteiger partial charge on any atom is 0.264 e. The fourth-order valence-corrected chi connectivity index (χ4v) is 1.73. The van der Waals surface area contributed by atoms with Crippen molar-refractivity contribution in [2.24, 2.45) is 4.99 Å². The molecule has 0 radical (unpaired) electrons. The molecular weight excluding hydrogens is 247 g/mol. The molecule has 6 heteroatoms. The predicted octanol–water partition coefficient (Wildman–Crippen LogP) is 1.20. The Balaban J connectivity index is 2.41. The molecule has 1 aliphatic rings. The molecule has 0 saturated carbocycles. The maximum atomic E-state index is 13.5. The van der Waals surface area contributed by atoms with Crippen LogP contribution in [0.3, 0.4) is 0 Å². The normalized spacial score (nSPS) is 19.9. The molecule has 1 aromatic rings. The molecule has 0 aromatic heterocycles. The highest BCUT2D eigenvalue weighted by atomic mass is 35.5. The smallest absolute Gasteiger partial charge is 0.264 e. The molecule has 17 heavy (non-hydrogen) atoms. The summed E-state index contributed by atoms with van der Waals surface area (Å²) >= 11 is 5.46. The van der Waals surface area contributed by atoms with E-state index in [1.807, 2.05) is 0 Å². The Labute approximate surface area is 101 Å². The minimum atomic E-state index is -1.23. The lowest BCUT2D eigenvalue weighted by Crippen LogP contribution is -2.43. The van der Waals surface area contributed by atoms with Crippen LogP contribution in [0, 0.1) is 5.82 Å². The molecule has 1 aliphatic heterocycles. The van der Waals surface area contributed by atoms with Gasteiger partial charge in [-0.25, -0.2) is 4.39 Å². The molecule has 0 spiro atoms. The van der Waals surface area contributed by atoms with Gasteiger partial charge in [0.2, 0.25) is 5.91 Å². The molecule has 0 saturated heterocycles. The van der Waals surface area contributed by atoms with Gasteiger partial charge in [0.05, 0.1) is 5.88 Å². The topological polar surface area (TPSA) is 58.5 Å². The number of nitrogens with one attached hydrogen (secondary N) is 1. The summed E-state index contributed by atoms with van der Waals surface area (Å²) in [5, 5.41) is 2.36. The SMILES string of the molecule is O=C1N=C(CCl)NC(=O)C1c1ccccc1F. The van der Waals surface area contributed by atoms with Crippen LogP contribution in [-0.2, 0) is 9.59 Å². The number of amides is 2. The molecule has 2 amide bonds. The Bertz CT molecular complexity index is 516. The Morgan fingerprint density at radius 3 is 2.65 bits per heavy atom. The van der Waals surface area contributed by atoms with Crippen LogP contribution in [0.2, 0.25) is 0 Å². The van der Waals surface area contributed by atoms with E-state index in [1.165, 1.54) is 18.2 Å². The van der Waals surface area contributed by atoms with Gasteiger partial charge >= 0.3 is 0 Å². The van der Waals surface area contributed by atoms with Gasteiger partial charge < -0.3 is 5.32 Å².